The number of hydrogen-bond acceptors (Lipinski definition) is 1. The van der Waals surface area contributed by atoms with E-state index in [0.29, 0.717) is 5.54 Å². The van der Waals surface area contributed by atoms with Gasteiger partial charge in [0, 0.05) is 17.8 Å². The summed E-state index contributed by atoms with van der Waals surface area (Å²) in [5.74, 6) is 0. The molecule has 2 aromatic rings. The normalized spacial score (nSPS) is 16.1. The van der Waals surface area contributed by atoms with Gasteiger partial charge in [-0.1, -0.05) is 81.1 Å². The van der Waals surface area contributed by atoms with Crippen LogP contribution in [0.15, 0.2) is 85.6 Å². The third-order valence-corrected chi connectivity index (χ3v) is 5.81. The van der Waals surface area contributed by atoms with Gasteiger partial charge in [-0.25, -0.2) is 0 Å². The molecule has 1 heteroatoms. The molecule has 3 rings (SSSR count). The van der Waals surface area contributed by atoms with Crippen molar-refractivity contribution >= 4 is 16.3 Å². The first-order chi connectivity index (χ1) is 13.6. The second-order valence-corrected chi connectivity index (χ2v) is 8.01. The van der Waals surface area contributed by atoms with Crippen molar-refractivity contribution in [3.63, 3.8) is 0 Å². The molecule has 2 aromatic carbocycles. The molecule has 0 aliphatic heterocycles. The molecule has 0 bridgehead atoms. The number of allylic oxidation sites excluding steroid dienone is 5. The molecule has 0 spiro atoms. The summed E-state index contributed by atoms with van der Waals surface area (Å²) in [6.45, 7) is 13.7. The molecule has 0 saturated heterocycles. The first-order valence-electron chi connectivity index (χ1n) is 10.5. The quantitative estimate of drug-likeness (QED) is 0.390. The van der Waals surface area contributed by atoms with Crippen molar-refractivity contribution in [1.82, 2.24) is 4.90 Å². The van der Waals surface area contributed by atoms with Crippen molar-refractivity contribution in [2.24, 2.45) is 0 Å². The van der Waals surface area contributed by atoms with Crippen LogP contribution >= 0.6 is 0 Å². The third-order valence-electron chi connectivity index (χ3n) is 5.81. The smallest absolute Gasteiger partial charge is 0.0373 e. The van der Waals surface area contributed by atoms with Crippen LogP contribution in [0.25, 0.3) is 16.3 Å². The SMILES string of the molecule is C=C/C=C(\CCC)N(CC/C=C(\C=C)c1ccc2ccccc2c1)C1(C)CC1. The van der Waals surface area contributed by atoms with E-state index >= 15 is 0 Å². The first kappa shape index (κ1) is 20.2. The van der Waals surface area contributed by atoms with Crippen LogP contribution in [-0.4, -0.2) is 17.0 Å². The minimum absolute atomic E-state index is 0.329. The van der Waals surface area contributed by atoms with Gasteiger partial charge in [-0.3, -0.25) is 0 Å². The van der Waals surface area contributed by atoms with Gasteiger partial charge in [0.25, 0.3) is 0 Å². The Morgan fingerprint density at radius 2 is 1.86 bits per heavy atom. The van der Waals surface area contributed by atoms with Crippen molar-refractivity contribution in [1.29, 1.82) is 0 Å². The Kier molecular flexibility index (Phi) is 6.57. The second-order valence-electron chi connectivity index (χ2n) is 8.01. The standard InChI is InChI=1S/C27H33N/c1-5-11-26(12-6-2)28(27(4)18-19-27)20-10-15-22(7-3)25-17-16-23-13-8-9-14-24(23)21-25/h5,7-9,11,13-17,21H,1,3,6,10,12,18-20H2,2,4H3/b22-15+,26-11+. The van der Waals surface area contributed by atoms with Gasteiger partial charge in [-0.2, -0.15) is 0 Å². The van der Waals surface area contributed by atoms with E-state index in [1.54, 1.807) is 0 Å². The molecule has 1 aliphatic rings. The zero-order chi connectivity index (χ0) is 20.0. The predicted octanol–water partition coefficient (Wildman–Crippen LogP) is 7.52. The monoisotopic (exact) mass is 371 g/mol. The highest BCUT2D eigenvalue weighted by molar-refractivity contribution is 5.87. The van der Waals surface area contributed by atoms with Gasteiger partial charge in [0.15, 0.2) is 0 Å². The highest BCUT2D eigenvalue weighted by Crippen LogP contribution is 2.44. The van der Waals surface area contributed by atoms with Crippen molar-refractivity contribution in [2.75, 3.05) is 6.54 Å². The van der Waals surface area contributed by atoms with Crippen LogP contribution < -0.4 is 0 Å². The fraction of sp³-hybridized carbons (Fsp3) is 0.333. The molecule has 0 amide bonds. The average Bonchev–Trinajstić information content (AvgIpc) is 3.46. The molecule has 1 nitrogen and oxygen atoms in total. The largest absolute Gasteiger partial charge is 0.369 e. The number of rotatable bonds is 10. The Labute approximate surface area is 170 Å². The third kappa shape index (κ3) is 4.65. The molecule has 0 radical (unpaired) electrons. The van der Waals surface area contributed by atoms with E-state index in [4.69, 9.17) is 0 Å². The van der Waals surface area contributed by atoms with Crippen molar-refractivity contribution < 1.29 is 0 Å². The zero-order valence-electron chi connectivity index (χ0n) is 17.5. The fourth-order valence-corrected chi connectivity index (χ4v) is 3.95. The van der Waals surface area contributed by atoms with Gasteiger partial charge >= 0.3 is 0 Å². The molecule has 0 heterocycles. The lowest BCUT2D eigenvalue weighted by Crippen LogP contribution is -2.35. The average molecular weight is 372 g/mol. The number of hydrogen-bond donors (Lipinski definition) is 0. The Hall–Kier alpha value is -2.54. The van der Waals surface area contributed by atoms with Crippen LogP contribution in [0.4, 0.5) is 0 Å². The molecule has 1 aliphatic carbocycles. The van der Waals surface area contributed by atoms with E-state index in [0.717, 1.165) is 25.8 Å². The summed E-state index contributed by atoms with van der Waals surface area (Å²) in [6.07, 6.45) is 14.3. The molecular formula is C27H33N. The summed E-state index contributed by atoms with van der Waals surface area (Å²) in [7, 11) is 0. The molecule has 28 heavy (non-hydrogen) atoms. The molecule has 1 fully saturated rings. The summed E-state index contributed by atoms with van der Waals surface area (Å²) >= 11 is 0. The molecule has 146 valence electrons. The summed E-state index contributed by atoms with van der Waals surface area (Å²) in [5, 5.41) is 2.56. The maximum Gasteiger partial charge on any atom is 0.0373 e. The summed E-state index contributed by atoms with van der Waals surface area (Å²) < 4.78 is 0. The molecule has 0 atom stereocenters. The van der Waals surface area contributed by atoms with Gasteiger partial charge in [0.2, 0.25) is 0 Å². The minimum Gasteiger partial charge on any atom is -0.369 e. The second kappa shape index (κ2) is 9.10. The van der Waals surface area contributed by atoms with Crippen LogP contribution in [0.2, 0.25) is 0 Å². The van der Waals surface area contributed by atoms with Crippen LogP contribution in [-0.2, 0) is 0 Å². The van der Waals surface area contributed by atoms with Crippen molar-refractivity contribution in [3.8, 4) is 0 Å². The molecule has 0 N–H and O–H groups in total. The summed E-state index contributed by atoms with van der Waals surface area (Å²) in [5.41, 5.74) is 4.22. The van der Waals surface area contributed by atoms with Gasteiger partial charge < -0.3 is 4.90 Å². The van der Waals surface area contributed by atoms with E-state index in [1.807, 2.05) is 12.2 Å². The molecule has 0 unspecified atom stereocenters. The molecule has 1 saturated carbocycles. The Morgan fingerprint density at radius 3 is 2.50 bits per heavy atom. The van der Waals surface area contributed by atoms with Crippen molar-refractivity contribution in [2.45, 2.75) is 51.5 Å². The van der Waals surface area contributed by atoms with Gasteiger partial charge in [-0.05, 0) is 66.7 Å². The van der Waals surface area contributed by atoms with Crippen molar-refractivity contribution in [3.05, 3.63) is 91.2 Å². The first-order valence-corrected chi connectivity index (χ1v) is 10.5. The van der Waals surface area contributed by atoms with E-state index < -0.39 is 0 Å². The van der Waals surface area contributed by atoms with Crippen LogP contribution in [0.1, 0.15) is 51.5 Å². The number of benzene rings is 2. The van der Waals surface area contributed by atoms with Gasteiger partial charge in [-0.15, -0.1) is 0 Å². The fourth-order valence-electron chi connectivity index (χ4n) is 3.95. The summed E-state index contributed by atoms with van der Waals surface area (Å²) in [4.78, 5) is 2.62. The highest BCUT2D eigenvalue weighted by Gasteiger charge is 2.43. The minimum atomic E-state index is 0.329. The van der Waals surface area contributed by atoms with E-state index in [2.05, 4.69) is 86.5 Å². The van der Waals surface area contributed by atoms with Gasteiger partial charge in [0.1, 0.15) is 0 Å². The maximum atomic E-state index is 4.06. The Balaban J connectivity index is 1.77. The Bertz CT molecular complexity index is 895. The van der Waals surface area contributed by atoms with Gasteiger partial charge in [0.05, 0.1) is 0 Å². The van der Waals surface area contributed by atoms with Crippen LogP contribution in [0, 0.1) is 0 Å². The predicted molar refractivity (Wildman–Crippen MR) is 124 cm³/mol. The zero-order valence-corrected chi connectivity index (χ0v) is 17.5. The lowest BCUT2D eigenvalue weighted by molar-refractivity contribution is 0.244. The lowest BCUT2D eigenvalue weighted by atomic mass is 10.0. The van der Waals surface area contributed by atoms with E-state index in [-0.39, 0.29) is 0 Å². The van der Waals surface area contributed by atoms with E-state index in [9.17, 15) is 0 Å². The number of fused-ring (bicyclic) bond motifs is 1. The van der Waals surface area contributed by atoms with Crippen LogP contribution in [0.5, 0.6) is 0 Å². The maximum absolute atomic E-state index is 4.06. The number of nitrogens with zero attached hydrogens (tertiary/aromatic N) is 1. The molecular weight excluding hydrogens is 338 g/mol. The van der Waals surface area contributed by atoms with Crippen LogP contribution in [0.3, 0.4) is 0 Å². The Morgan fingerprint density at radius 1 is 1.11 bits per heavy atom. The topological polar surface area (TPSA) is 3.24 Å². The summed E-state index contributed by atoms with van der Waals surface area (Å²) in [6, 6.07) is 15.2. The molecule has 0 aromatic heterocycles. The lowest BCUT2D eigenvalue weighted by Gasteiger charge is -2.34. The highest BCUT2D eigenvalue weighted by atomic mass is 15.2. The van der Waals surface area contributed by atoms with E-state index in [1.165, 1.54) is 40.4 Å².